The van der Waals surface area contributed by atoms with Gasteiger partial charge >= 0.3 is 0 Å². The molecule has 1 fully saturated rings. The molecule has 1 aliphatic rings. The van der Waals surface area contributed by atoms with Crippen LogP contribution in [0.1, 0.15) is 49.3 Å². The van der Waals surface area contributed by atoms with E-state index in [0.717, 1.165) is 29.7 Å². The average molecular weight is 293 g/mol. The zero-order chi connectivity index (χ0) is 15.5. The first-order chi connectivity index (χ1) is 10.7. The Bertz CT molecular complexity index is 780. The molecular weight excluding hydrogens is 274 g/mol. The second kappa shape index (κ2) is 6.07. The number of rotatable bonds is 2. The van der Waals surface area contributed by atoms with Crippen LogP contribution >= 0.6 is 0 Å². The molecule has 1 heterocycles. The number of aromatic nitrogens is 1. The van der Waals surface area contributed by atoms with Crippen LogP contribution in [0.3, 0.4) is 0 Å². The van der Waals surface area contributed by atoms with Gasteiger partial charge in [0.25, 0.3) is 5.56 Å². The van der Waals surface area contributed by atoms with Crippen molar-refractivity contribution >= 4 is 0 Å². The van der Waals surface area contributed by atoms with Gasteiger partial charge in [0.2, 0.25) is 0 Å². The first kappa shape index (κ1) is 14.4. The quantitative estimate of drug-likeness (QED) is 0.864. The fraction of sp³-hybridized carbons (Fsp3) is 0.333. The zero-order valence-electron chi connectivity index (χ0n) is 12.5. The third kappa shape index (κ3) is 2.75. The fourth-order valence-electron chi connectivity index (χ4n) is 3.25. The summed E-state index contributed by atoms with van der Waals surface area (Å²) in [4.78, 5) is 12.2. The molecule has 0 spiro atoms. The van der Waals surface area contributed by atoms with Crippen LogP contribution in [0, 0.1) is 11.3 Å². The van der Waals surface area contributed by atoms with Gasteiger partial charge in [0.1, 0.15) is 0 Å². The zero-order valence-corrected chi connectivity index (χ0v) is 12.5. The Balaban J connectivity index is 2.07. The van der Waals surface area contributed by atoms with Gasteiger partial charge in [0, 0.05) is 17.7 Å². The van der Waals surface area contributed by atoms with Crippen LogP contribution in [0.5, 0.6) is 0 Å². The van der Waals surface area contributed by atoms with Crippen LogP contribution in [0.25, 0.3) is 11.1 Å². The van der Waals surface area contributed by atoms with Crippen LogP contribution in [0.15, 0.2) is 41.2 Å². The molecule has 22 heavy (non-hydrogen) atoms. The Labute approximate surface area is 129 Å². The Morgan fingerprint density at radius 2 is 1.86 bits per heavy atom. The van der Waals surface area contributed by atoms with E-state index in [4.69, 9.17) is 11.1 Å². The summed E-state index contributed by atoms with van der Waals surface area (Å²) in [6.45, 7) is 0. The molecule has 4 heteroatoms. The lowest BCUT2D eigenvalue weighted by Crippen LogP contribution is -2.31. The van der Waals surface area contributed by atoms with Crippen LogP contribution in [-0.2, 0) is 0 Å². The molecule has 112 valence electrons. The van der Waals surface area contributed by atoms with Crippen LogP contribution in [0.2, 0.25) is 0 Å². The molecule has 1 aromatic heterocycles. The van der Waals surface area contributed by atoms with Crippen LogP contribution < -0.4 is 11.4 Å². The molecule has 0 atom stereocenters. The highest BCUT2D eigenvalue weighted by Crippen LogP contribution is 2.33. The van der Waals surface area contributed by atoms with Crippen molar-refractivity contribution in [1.29, 1.82) is 5.26 Å². The summed E-state index contributed by atoms with van der Waals surface area (Å²) in [5.41, 5.74) is 3.02. The molecule has 0 aliphatic heterocycles. The Morgan fingerprint density at radius 3 is 2.59 bits per heavy atom. The van der Waals surface area contributed by atoms with E-state index in [9.17, 15) is 4.79 Å². The average Bonchev–Trinajstić information content (AvgIpc) is 2.58. The van der Waals surface area contributed by atoms with Crippen LogP contribution in [-0.4, -0.2) is 4.68 Å². The molecule has 1 aromatic carbocycles. The van der Waals surface area contributed by atoms with Crippen molar-refractivity contribution in [3.05, 3.63) is 58.0 Å². The third-order valence-corrected chi connectivity index (χ3v) is 4.45. The predicted octanol–water partition coefficient (Wildman–Crippen LogP) is 3.15. The first-order valence-electron chi connectivity index (χ1n) is 7.71. The normalized spacial score (nSPS) is 15.4. The molecule has 0 amide bonds. The number of pyridine rings is 1. The highest BCUT2D eigenvalue weighted by atomic mass is 16.1. The second-order valence-corrected chi connectivity index (χ2v) is 5.90. The summed E-state index contributed by atoms with van der Waals surface area (Å²) >= 11 is 0. The monoisotopic (exact) mass is 293 g/mol. The van der Waals surface area contributed by atoms with Gasteiger partial charge in [-0.1, -0.05) is 31.4 Å². The van der Waals surface area contributed by atoms with Gasteiger partial charge in [-0.15, -0.1) is 0 Å². The van der Waals surface area contributed by atoms with Crippen molar-refractivity contribution in [3.63, 3.8) is 0 Å². The number of nitriles is 1. The van der Waals surface area contributed by atoms with Gasteiger partial charge in [-0.3, -0.25) is 4.79 Å². The van der Waals surface area contributed by atoms with Gasteiger partial charge in [-0.2, -0.15) is 5.26 Å². The van der Waals surface area contributed by atoms with Gasteiger partial charge in [-0.05, 0) is 42.2 Å². The number of benzene rings is 1. The minimum Gasteiger partial charge on any atom is -0.336 e. The van der Waals surface area contributed by atoms with Crippen LogP contribution in [0.4, 0.5) is 0 Å². The van der Waals surface area contributed by atoms with Crippen molar-refractivity contribution in [3.8, 4) is 17.2 Å². The van der Waals surface area contributed by atoms with E-state index in [2.05, 4.69) is 6.07 Å². The van der Waals surface area contributed by atoms with Crippen molar-refractivity contribution < 1.29 is 0 Å². The predicted molar refractivity (Wildman–Crippen MR) is 86.8 cm³/mol. The molecule has 0 bridgehead atoms. The molecule has 2 aromatic rings. The van der Waals surface area contributed by atoms with Crippen molar-refractivity contribution in [2.75, 3.05) is 5.84 Å². The van der Waals surface area contributed by atoms with E-state index < -0.39 is 0 Å². The number of nitrogens with zero attached hydrogens (tertiary/aromatic N) is 2. The Hall–Kier alpha value is -2.54. The maximum atomic E-state index is 12.2. The molecule has 3 rings (SSSR count). The molecule has 0 saturated heterocycles. The minimum absolute atomic E-state index is 0.194. The van der Waals surface area contributed by atoms with E-state index in [-0.39, 0.29) is 5.56 Å². The van der Waals surface area contributed by atoms with Gasteiger partial charge in [-0.25, -0.2) is 4.68 Å². The lowest BCUT2D eigenvalue weighted by molar-refractivity contribution is 0.428. The maximum absolute atomic E-state index is 12.2. The molecule has 2 N–H and O–H groups in total. The summed E-state index contributed by atoms with van der Waals surface area (Å²) in [7, 11) is 0. The molecule has 1 aliphatic carbocycles. The van der Waals surface area contributed by atoms with E-state index in [0.29, 0.717) is 11.5 Å². The Kier molecular flexibility index (Phi) is 3.97. The minimum atomic E-state index is -0.194. The molecule has 0 unspecified atom stereocenters. The van der Waals surface area contributed by atoms with E-state index in [1.54, 1.807) is 18.2 Å². The Morgan fingerprint density at radius 1 is 1.09 bits per heavy atom. The lowest BCUT2D eigenvalue weighted by atomic mass is 9.86. The van der Waals surface area contributed by atoms with Crippen molar-refractivity contribution in [1.82, 2.24) is 4.68 Å². The summed E-state index contributed by atoms with van der Waals surface area (Å²) in [6.07, 6.45) is 5.80. The summed E-state index contributed by atoms with van der Waals surface area (Å²) in [5.74, 6) is 6.32. The molecule has 0 radical (unpaired) electrons. The van der Waals surface area contributed by atoms with Gasteiger partial charge in [0.15, 0.2) is 0 Å². The number of nitrogen functional groups attached to an aromatic ring is 1. The van der Waals surface area contributed by atoms with Gasteiger partial charge in [0.05, 0.1) is 11.6 Å². The molecule has 4 nitrogen and oxygen atoms in total. The standard InChI is InChI=1S/C18H19N3O/c19-12-13-5-4-8-15(9-13)16-10-17(21(20)18(22)11-16)14-6-2-1-3-7-14/h4-5,8-11,14H,1-3,6-7,20H2. The summed E-state index contributed by atoms with van der Waals surface area (Å²) in [5, 5.41) is 9.03. The van der Waals surface area contributed by atoms with E-state index >= 15 is 0 Å². The third-order valence-electron chi connectivity index (χ3n) is 4.45. The summed E-state index contributed by atoms with van der Waals surface area (Å²) < 4.78 is 1.29. The maximum Gasteiger partial charge on any atom is 0.269 e. The lowest BCUT2D eigenvalue weighted by Gasteiger charge is -2.24. The largest absolute Gasteiger partial charge is 0.336 e. The molecular formula is C18H19N3O. The van der Waals surface area contributed by atoms with E-state index in [1.165, 1.54) is 23.9 Å². The van der Waals surface area contributed by atoms with E-state index in [1.807, 2.05) is 18.2 Å². The SMILES string of the molecule is N#Cc1cccc(-c2cc(C3CCCCC3)n(N)c(=O)c2)c1. The number of hydrogen-bond acceptors (Lipinski definition) is 3. The summed E-state index contributed by atoms with van der Waals surface area (Å²) in [6, 6.07) is 13.0. The number of nitrogens with two attached hydrogens (primary N) is 1. The highest BCUT2D eigenvalue weighted by Gasteiger charge is 2.19. The highest BCUT2D eigenvalue weighted by molar-refractivity contribution is 5.65. The molecule has 1 saturated carbocycles. The van der Waals surface area contributed by atoms with Gasteiger partial charge < -0.3 is 5.84 Å². The first-order valence-corrected chi connectivity index (χ1v) is 7.71. The van der Waals surface area contributed by atoms with Crippen molar-refractivity contribution in [2.24, 2.45) is 0 Å². The smallest absolute Gasteiger partial charge is 0.269 e. The number of hydrogen-bond donors (Lipinski definition) is 1. The fourth-order valence-corrected chi connectivity index (χ4v) is 3.25. The second-order valence-electron chi connectivity index (χ2n) is 5.90. The van der Waals surface area contributed by atoms with Crippen molar-refractivity contribution in [2.45, 2.75) is 38.0 Å². The topological polar surface area (TPSA) is 71.8 Å².